The maximum atomic E-state index is 11.2. The van der Waals surface area contributed by atoms with Gasteiger partial charge < -0.3 is 61.3 Å². The highest BCUT2D eigenvalue weighted by molar-refractivity contribution is 5.04. The van der Waals surface area contributed by atoms with Crippen molar-refractivity contribution in [1.29, 1.82) is 0 Å². The SMILES string of the molecule is CCC1(C)C(C)OC(COCC2C(C)OC(C)(COCC3(C)C(C)OC(C)(O)C(N)C3O)C(N)C2O)C(N)C1O. The maximum Gasteiger partial charge on any atom is 0.180 e. The van der Waals surface area contributed by atoms with Crippen LogP contribution in [0.25, 0.3) is 0 Å². The fourth-order valence-electron chi connectivity index (χ4n) is 6.41. The standard InChI is InChI=1S/C28H55N3O9/c1-9-25(5)15(3)38-18(19(29)23(25)33)11-36-10-17-14(2)39-27(7,21(30)20(17)32)13-37-12-26(6)16(4)40-28(8,35)22(31)24(26)34/h14-24,32-35H,9-13,29-31H2,1-8H3. The Bertz CT molecular complexity index is 854. The fraction of sp³-hybridized carbons (Fsp3) is 1.00. The Morgan fingerprint density at radius 3 is 2.00 bits per heavy atom. The zero-order valence-electron chi connectivity index (χ0n) is 25.4. The van der Waals surface area contributed by atoms with Crippen LogP contribution in [0.5, 0.6) is 0 Å². The smallest absolute Gasteiger partial charge is 0.180 e. The second kappa shape index (κ2) is 12.3. The van der Waals surface area contributed by atoms with Crippen molar-refractivity contribution in [2.45, 2.75) is 134 Å². The summed E-state index contributed by atoms with van der Waals surface area (Å²) in [4.78, 5) is 0. The molecule has 3 fully saturated rings. The Morgan fingerprint density at radius 2 is 1.40 bits per heavy atom. The molecule has 0 aliphatic carbocycles. The molecule has 0 spiro atoms. The molecule has 10 N–H and O–H groups in total. The van der Waals surface area contributed by atoms with E-state index in [0.717, 1.165) is 6.42 Å². The van der Waals surface area contributed by atoms with Crippen molar-refractivity contribution in [2.24, 2.45) is 33.9 Å². The minimum absolute atomic E-state index is 0.0561. The summed E-state index contributed by atoms with van der Waals surface area (Å²) >= 11 is 0. The third-order valence-electron chi connectivity index (χ3n) is 10.5. The summed E-state index contributed by atoms with van der Waals surface area (Å²) in [5.74, 6) is -2.06. The van der Waals surface area contributed by atoms with Gasteiger partial charge in [0.2, 0.25) is 0 Å². The summed E-state index contributed by atoms with van der Waals surface area (Å²) in [5, 5.41) is 43.2. The predicted molar refractivity (Wildman–Crippen MR) is 148 cm³/mol. The van der Waals surface area contributed by atoms with Crippen molar-refractivity contribution < 1.29 is 44.1 Å². The summed E-state index contributed by atoms with van der Waals surface area (Å²) in [6.07, 6.45) is -3.61. The molecule has 0 aromatic carbocycles. The molecule has 3 heterocycles. The van der Waals surface area contributed by atoms with Gasteiger partial charge in [-0.3, -0.25) is 0 Å². The fourth-order valence-corrected chi connectivity index (χ4v) is 6.41. The van der Waals surface area contributed by atoms with E-state index in [9.17, 15) is 20.4 Å². The predicted octanol–water partition coefficient (Wildman–Crippen LogP) is -0.785. The largest absolute Gasteiger partial charge is 0.391 e. The van der Waals surface area contributed by atoms with Gasteiger partial charge in [-0.2, -0.15) is 0 Å². The quantitative estimate of drug-likeness (QED) is 0.180. The summed E-state index contributed by atoms with van der Waals surface area (Å²) in [6.45, 7) is 15.0. The van der Waals surface area contributed by atoms with E-state index in [1.165, 1.54) is 6.92 Å². The van der Waals surface area contributed by atoms with E-state index in [4.69, 9.17) is 40.9 Å². The van der Waals surface area contributed by atoms with Crippen LogP contribution in [0, 0.1) is 16.7 Å². The molecule has 3 aliphatic rings. The molecule has 0 radical (unpaired) electrons. The number of ether oxygens (including phenoxy) is 5. The molecule has 3 saturated heterocycles. The van der Waals surface area contributed by atoms with Crippen LogP contribution in [0.3, 0.4) is 0 Å². The molecule has 12 nitrogen and oxygen atoms in total. The zero-order chi connectivity index (χ0) is 30.4. The second-order valence-electron chi connectivity index (χ2n) is 13.3. The van der Waals surface area contributed by atoms with E-state index >= 15 is 0 Å². The number of rotatable bonds is 9. The van der Waals surface area contributed by atoms with Crippen LogP contribution >= 0.6 is 0 Å². The van der Waals surface area contributed by atoms with Gasteiger partial charge in [0.15, 0.2) is 5.79 Å². The van der Waals surface area contributed by atoms with Gasteiger partial charge in [0, 0.05) is 16.7 Å². The molecule has 0 bridgehead atoms. The van der Waals surface area contributed by atoms with Crippen molar-refractivity contribution in [1.82, 2.24) is 0 Å². The molecular formula is C28H55N3O9. The van der Waals surface area contributed by atoms with Gasteiger partial charge in [0.05, 0.1) is 87.3 Å². The van der Waals surface area contributed by atoms with Gasteiger partial charge in [0.1, 0.15) is 5.60 Å². The lowest BCUT2D eigenvalue weighted by molar-refractivity contribution is -0.315. The lowest BCUT2D eigenvalue weighted by Gasteiger charge is -2.52. The number of hydrogen-bond donors (Lipinski definition) is 7. The van der Waals surface area contributed by atoms with E-state index < -0.39 is 82.9 Å². The highest BCUT2D eigenvalue weighted by Crippen LogP contribution is 2.41. The van der Waals surface area contributed by atoms with Gasteiger partial charge in [-0.15, -0.1) is 0 Å². The van der Waals surface area contributed by atoms with Gasteiger partial charge >= 0.3 is 0 Å². The first-order valence-electron chi connectivity index (χ1n) is 14.6. The number of aliphatic hydroxyl groups excluding tert-OH is 3. The molecule has 12 heteroatoms. The summed E-state index contributed by atoms with van der Waals surface area (Å²) in [7, 11) is 0. The lowest BCUT2D eigenvalue weighted by atomic mass is 9.71. The molecule has 0 amide bonds. The third-order valence-corrected chi connectivity index (χ3v) is 10.5. The molecular weight excluding hydrogens is 522 g/mol. The lowest BCUT2D eigenvalue weighted by Crippen LogP contribution is -2.69. The van der Waals surface area contributed by atoms with Crippen molar-refractivity contribution in [2.75, 3.05) is 26.4 Å². The molecule has 15 unspecified atom stereocenters. The van der Waals surface area contributed by atoms with E-state index in [0.29, 0.717) is 0 Å². The van der Waals surface area contributed by atoms with Crippen LogP contribution in [0.1, 0.15) is 61.8 Å². The molecule has 236 valence electrons. The molecule has 0 aromatic heterocycles. The van der Waals surface area contributed by atoms with Crippen LogP contribution in [-0.2, 0) is 23.7 Å². The third kappa shape index (κ3) is 6.11. The first-order chi connectivity index (χ1) is 18.4. The second-order valence-corrected chi connectivity index (χ2v) is 13.3. The Labute approximate surface area is 238 Å². The van der Waals surface area contributed by atoms with Crippen LogP contribution < -0.4 is 17.2 Å². The van der Waals surface area contributed by atoms with Crippen molar-refractivity contribution in [3.8, 4) is 0 Å². The maximum absolute atomic E-state index is 11.2. The van der Waals surface area contributed by atoms with Gasteiger partial charge in [0.25, 0.3) is 0 Å². The van der Waals surface area contributed by atoms with Crippen molar-refractivity contribution >= 4 is 0 Å². The van der Waals surface area contributed by atoms with Crippen LogP contribution in [0.4, 0.5) is 0 Å². The highest BCUT2D eigenvalue weighted by Gasteiger charge is 2.55. The average molecular weight is 578 g/mol. The number of nitrogens with two attached hydrogens (primary N) is 3. The number of hydrogen-bond acceptors (Lipinski definition) is 12. The van der Waals surface area contributed by atoms with E-state index in [1.54, 1.807) is 20.8 Å². The minimum atomic E-state index is -1.65. The molecule has 0 saturated carbocycles. The Morgan fingerprint density at radius 1 is 0.775 bits per heavy atom. The molecule has 40 heavy (non-hydrogen) atoms. The molecule has 3 aliphatic heterocycles. The van der Waals surface area contributed by atoms with Crippen LogP contribution in [0.15, 0.2) is 0 Å². The van der Waals surface area contributed by atoms with E-state index in [2.05, 4.69) is 0 Å². The summed E-state index contributed by atoms with van der Waals surface area (Å²) < 4.78 is 30.0. The highest BCUT2D eigenvalue weighted by atomic mass is 16.6. The minimum Gasteiger partial charge on any atom is -0.391 e. The van der Waals surface area contributed by atoms with Gasteiger partial charge in [-0.05, 0) is 41.0 Å². The molecule has 3 rings (SSSR count). The van der Waals surface area contributed by atoms with E-state index in [-0.39, 0.29) is 32.5 Å². The van der Waals surface area contributed by atoms with Crippen LogP contribution in [-0.4, -0.2) is 119 Å². The van der Waals surface area contributed by atoms with Crippen LogP contribution in [0.2, 0.25) is 0 Å². The Hall–Kier alpha value is -0.480. The topological polar surface area (TPSA) is 205 Å². The van der Waals surface area contributed by atoms with Gasteiger partial charge in [-0.25, -0.2) is 0 Å². The first-order valence-corrected chi connectivity index (χ1v) is 14.6. The van der Waals surface area contributed by atoms with Gasteiger partial charge in [-0.1, -0.05) is 20.8 Å². The summed E-state index contributed by atoms with van der Waals surface area (Å²) in [6, 6.07) is -2.38. The first kappa shape index (κ1) is 34.0. The van der Waals surface area contributed by atoms with Crippen molar-refractivity contribution in [3.05, 3.63) is 0 Å². The molecule has 0 aromatic rings. The summed E-state index contributed by atoms with van der Waals surface area (Å²) in [5.41, 5.74) is 16.5. The monoisotopic (exact) mass is 577 g/mol. The Balaban J connectivity index is 1.55. The zero-order valence-corrected chi connectivity index (χ0v) is 25.4. The molecule has 15 atom stereocenters. The average Bonchev–Trinajstić information content (AvgIpc) is 2.88. The van der Waals surface area contributed by atoms with E-state index in [1.807, 2.05) is 27.7 Å². The van der Waals surface area contributed by atoms with Crippen molar-refractivity contribution in [3.63, 3.8) is 0 Å². The normalized spacial score (nSPS) is 53.9. The number of aliphatic hydroxyl groups is 4. The Kier molecular flexibility index (Phi) is 10.4.